The minimum atomic E-state index is -0.815. The molecule has 0 saturated heterocycles. The number of methoxy groups -OCH3 is 2. The Balaban J connectivity index is 1.98. The smallest absolute Gasteiger partial charge is 0.408 e. The Labute approximate surface area is 197 Å². The van der Waals surface area contributed by atoms with Crippen LogP contribution in [0.3, 0.4) is 0 Å². The molecule has 0 radical (unpaired) electrons. The maximum absolute atomic E-state index is 13.6. The first-order valence-corrected chi connectivity index (χ1v) is 11.4. The Hall–Kier alpha value is -3.20. The third kappa shape index (κ3) is 6.19. The summed E-state index contributed by atoms with van der Waals surface area (Å²) in [5, 5.41) is 2.70. The van der Waals surface area contributed by atoms with E-state index in [9.17, 15) is 14.4 Å². The number of nitrogens with zero attached hydrogens (tertiary/aromatic N) is 1. The summed E-state index contributed by atoms with van der Waals surface area (Å²) < 4.78 is 15.5. The van der Waals surface area contributed by atoms with Crippen LogP contribution in [0.4, 0.5) is 10.5 Å². The molecule has 0 aromatic heterocycles. The van der Waals surface area contributed by atoms with Crippen LogP contribution in [-0.2, 0) is 20.8 Å². The highest BCUT2D eigenvalue weighted by molar-refractivity contribution is 7.99. The number of esters is 1. The zero-order valence-corrected chi connectivity index (χ0v) is 20.2. The summed E-state index contributed by atoms with van der Waals surface area (Å²) >= 11 is 1.42. The third-order valence-electron chi connectivity index (χ3n) is 4.81. The average molecular weight is 473 g/mol. The van der Waals surface area contributed by atoms with Crippen molar-refractivity contribution in [2.45, 2.75) is 43.9 Å². The zero-order valence-electron chi connectivity index (χ0n) is 19.3. The van der Waals surface area contributed by atoms with Crippen molar-refractivity contribution in [2.24, 2.45) is 0 Å². The molecule has 0 spiro atoms. The van der Waals surface area contributed by atoms with Crippen molar-refractivity contribution in [3.05, 3.63) is 53.6 Å². The normalized spacial score (nSPS) is 15.8. The minimum absolute atomic E-state index is 0.223. The lowest BCUT2D eigenvalue weighted by Crippen LogP contribution is -2.50. The van der Waals surface area contributed by atoms with Gasteiger partial charge in [-0.3, -0.25) is 4.79 Å². The molecule has 3 rings (SSSR count). The van der Waals surface area contributed by atoms with Crippen molar-refractivity contribution in [3.63, 3.8) is 0 Å². The van der Waals surface area contributed by atoms with Gasteiger partial charge in [0.05, 0.1) is 32.0 Å². The summed E-state index contributed by atoms with van der Waals surface area (Å²) in [5.41, 5.74) is 1.05. The van der Waals surface area contributed by atoms with E-state index >= 15 is 0 Å². The number of thioether (sulfide) groups is 1. The van der Waals surface area contributed by atoms with E-state index in [1.54, 1.807) is 51.0 Å². The molecule has 0 bridgehead atoms. The first kappa shape index (κ1) is 24.4. The summed E-state index contributed by atoms with van der Waals surface area (Å²) in [6.45, 7) is 5.50. The predicted molar refractivity (Wildman–Crippen MR) is 126 cm³/mol. The molecule has 0 saturated carbocycles. The lowest BCUT2D eigenvalue weighted by atomic mass is 10.1. The van der Waals surface area contributed by atoms with Crippen LogP contribution in [-0.4, -0.2) is 49.6 Å². The van der Waals surface area contributed by atoms with E-state index < -0.39 is 23.7 Å². The predicted octanol–water partition coefficient (Wildman–Crippen LogP) is 4.01. The Bertz CT molecular complexity index is 1050. The molecule has 1 aliphatic rings. The van der Waals surface area contributed by atoms with E-state index in [2.05, 4.69) is 5.32 Å². The highest BCUT2D eigenvalue weighted by Gasteiger charge is 2.33. The number of carbonyl (C=O) groups excluding carboxylic acids is 3. The molecule has 1 heterocycles. The first-order chi connectivity index (χ1) is 15.6. The summed E-state index contributed by atoms with van der Waals surface area (Å²) in [4.78, 5) is 40.5. The summed E-state index contributed by atoms with van der Waals surface area (Å²) in [6.07, 6.45) is -0.663. The fraction of sp³-hybridized carbons (Fsp3) is 0.375. The van der Waals surface area contributed by atoms with Crippen LogP contribution in [0, 0.1) is 0 Å². The van der Waals surface area contributed by atoms with Crippen molar-refractivity contribution < 1.29 is 28.6 Å². The van der Waals surface area contributed by atoms with E-state index in [0.717, 1.165) is 10.5 Å². The molecule has 1 atom stereocenters. The van der Waals surface area contributed by atoms with E-state index in [0.29, 0.717) is 22.8 Å². The Morgan fingerprint density at radius 1 is 1.15 bits per heavy atom. The van der Waals surface area contributed by atoms with Gasteiger partial charge in [-0.1, -0.05) is 12.1 Å². The second kappa shape index (κ2) is 10.2. The fourth-order valence-corrected chi connectivity index (χ4v) is 4.37. The van der Waals surface area contributed by atoms with Crippen LogP contribution < -0.4 is 15.0 Å². The molecule has 33 heavy (non-hydrogen) atoms. The number of ether oxygens (including phenoxy) is 3. The number of fused-ring (bicyclic) bond motifs is 1. The number of rotatable bonds is 5. The van der Waals surface area contributed by atoms with Crippen molar-refractivity contribution in [1.29, 1.82) is 0 Å². The van der Waals surface area contributed by atoms with Gasteiger partial charge in [0.15, 0.2) is 0 Å². The zero-order chi connectivity index (χ0) is 24.2. The highest BCUT2D eigenvalue weighted by atomic mass is 32.2. The van der Waals surface area contributed by atoms with Crippen molar-refractivity contribution in [2.75, 3.05) is 24.9 Å². The topological polar surface area (TPSA) is 94.2 Å². The van der Waals surface area contributed by atoms with Crippen LogP contribution in [0.25, 0.3) is 0 Å². The number of benzene rings is 2. The fourth-order valence-electron chi connectivity index (χ4n) is 3.32. The lowest BCUT2D eigenvalue weighted by Gasteiger charge is -2.27. The summed E-state index contributed by atoms with van der Waals surface area (Å²) in [6, 6.07) is 11.7. The molecule has 2 aromatic rings. The van der Waals surface area contributed by atoms with Gasteiger partial charge in [0.2, 0.25) is 0 Å². The Morgan fingerprint density at radius 3 is 2.58 bits per heavy atom. The van der Waals surface area contributed by atoms with Crippen molar-refractivity contribution >= 4 is 35.4 Å². The summed E-state index contributed by atoms with van der Waals surface area (Å²) in [5.74, 6) is 0.175. The molecule has 0 fully saturated rings. The molecular weight excluding hydrogens is 444 g/mol. The highest BCUT2D eigenvalue weighted by Crippen LogP contribution is 2.36. The van der Waals surface area contributed by atoms with Gasteiger partial charge in [0.25, 0.3) is 5.91 Å². The van der Waals surface area contributed by atoms with Crippen LogP contribution in [0.2, 0.25) is 0 Å². The number of carbonyl (C=O) groups is 3. The molecule has 2 amide bonds. The lowest BCUT2D eigenvalue weighted by molar-refractivity contribution is -0.120. The van der Waals surface area contributed by atoms with Gasteiger partial charge >= 0.3 is 12.1 Å². The molecule has 1 aliphatic heterocycles. The number of hydrogen-bond acceptors (Lipinski definition) is 7. The van der Waals surface area contributed by atoms with Gasteiger partial charge in [0, 0.05) is 10.6 Å². The number of alkyl carbamates (subject to hydrolysis) is 1. The molecule has 176 valence electrons. The SMILES string of the molecule is COC(=O)c1ccc2c(c1)N(Cc1cccc(OC)c1)C(=O)[C@@H](NC(=O)OC(C)(C)C)CS2. The van der Waals surface area contributed by atoms with Crippen LogP contribution in [0.5, 0.6) is 5.75 Å². The number of anilines is 1. The molecule has 0 unspecified atom stereocenters. The van der Waals surface area contributed by atoms with Gasteiger partial charge in [-0.25, -0.2) is 9.59 Å². The average Bonchev–Trinajstić information content (AvgIpc) is 2.89. The van der Waals surface area contributed by atoms with E-state index in [1.807, 2.05) is 24.3 Å². The third-order valence-corrected chi connectivity index (χ3v) is 5.96. The van der Waals surface area contributed by atoms with E-state index in [1.165, 1.54) is 18.9 Å². The molecule has 9 heteroatoms. The second-order valence-electron chi connectivity index (χ2n) is 8.46. The first-order valence-electron chi connectivity index (χ1n) is 10.4. The van der Waals surface area contributed by atoms with Crippen LogP contribution in [0.15, 0.2) is 47.4 Å². The molecular formula is C24H28N2O6S. The maximum Gasteiger partial charge on any atom is 0.408 e. The second-order valence-corrected chi connectivity index (χ2v) is 9.52. The molecule has 1 N–H and O–H groups in total. The number of hydrogen-bond donors (Lipinski definition) is 1. The maximum atomic E-state index is 13.6. The van der Waals surface area contributed by atoms with Gasteiger partial charge in [-0.15, -0.1) is 11.8 Å². The van der Waals surface area contributed by atoms with E-state index in [4.69, 9.17) is 14.2 Å². The van der Waals surface area contributed by atoms with Gasteiger partial charge < -0.3 is 24.4 Å². The van der Waals surface area contributed by atoms with Gasteiger partial charge in [-0.2, -0.15) is 0 Å². The van der Waals surface area contributed by atoms with Gasteiger partial charge in [0.1, 0.15) is 17.4 Å². The number of nitrogens with one attached hydrogen (secondary N) is 1. The number of amides is 2. The molecule has 0 aliphatic carbocycles. The Kier molecular flexibility index (Phi) is 7.53. The van der Waals surface area contributed by atoms with Crippen LogP contribution in [0.1, 0.15) is 36.7 Å². The molecule has 8 nitrogen and oxygen atoms in total. The van der Waals surface area contributed by atoms with Gasteiger partial charge in [-0.05, 0) is 56.7 Å². The monoisotopic (exact) mass is 472 g/mol. The van der Waals surface area contributed by atoms with Crippen molar-refractivity contribution in [1.82, 2.24) is 5.32 Å². The summed E-state index contributed by atoms with van der Waals surface area (Å²) in [7, 11) is 2.88. The van der Waals surface area contributed by atoms with Crippen molar-refractivity contribution in [3.8, 4) is 5.75 Å². The van der Waals surface area contributed by atoms with E-state index in [-0.39, 0.29) is 12.5 Å². The largest absolute Gasteiger partial charge is 0.497 e. The molecule has 2 aromatic carbocycles. The standard InChI is InChI=1S/C24H28N2O6S/c1-24(2,3)32-23(29)25-18-14-33-20-10-9-16(22(28)31-5)12-19(20)26(21(18)27)13-15-7-6-8-17(11-15)30-4/h6-12,18H,13-14H2,1-5H3,(H,25,29)/t18-/m0/s1. The van der Waals surface area contributed by atoms with Crippen LogP contribution >= 0.6 is 11.8 Å². The minimum Gasteiger partial charge on any atom is -0.497 e. The Morgan fingerprint density at radius 2 is 1.91 bits per heavy atom. The quantitative estimate of drug-likeness (QED) is 0.657.